The number of urea groups is 1. The van der Waals surface area contributed by atoms with E-state index in [1.807, 2.05) is 0 Å². The van der Waals surface area contributed by atoms with E-state index in [4.69, 9.17) is 0 Å². The van der Waals surface area contributed by atoms with Crippen molar-refractivity contribution < 1.29 is 22.7 Å². The SMILES string of the molecule is O=C(NCN(F)F)NCN(F)F. The molecule has 0 saturated heterocycles. The zero-order valence-corrected chi connectivity index (χ0v) is 5.73. The molecule has 0 aromatic rings. The molecule has 0 aliphatic rings. The molecular weight excluding hydrogens is 184 g/mol. The van der Waals surface area contributed by atoms with Crippen LogP contribution in [0.1, 0.15) is 0 Å². The lowest BCUT2D eigenvalue weighted by molar-refractivity contribution is -0.158. The van der Waals surface area contributed by atoms with E-state index in [-0.39, 0.29) is 0 Å². The van der Waals surface area contributed by atoms with Crippen LogP contribution in [0.2, 0.25) is 0 Å². The van der Waals surface area contributed by atoms with Crippen LogP contribution >= 0.6 is 0 Å². The van der Waals surface area contributed by atoms with E-state index in [9.17, 15) is 22.7 Å². The molecule has 0 heterocycles. The van der Waals surface area contributed by atoms with Crippen molar-refractivity contribution in [2.24, 2.45) is 0 Å². The Morgan fingerprint density at radius 3 is 1.58 bits per heavy atom. The van der Waals surface area contributed by atoms with Crippen molar-refractivity contribution in [1.82, 2.24) is 21.3 Å². The van der Waals surface area contributed by atoms with Gasteiger partial charge in [0.05, 0.1) is 0 Å². The van der Waals surface area contributed by atoms with E-state index in [0.29, 0.717) is 0 Å². The second kappa shape index (κ2) is 5.55. The van der Waals surface area contributed by atoms with E-state index in [1.54, 1.807) is 10.6 Å². The van der Waals surface area contributed by atoms with E-state index in [1.165, 1.54) is 0 Å². The molecule has 5 nitrogen and oxygen atoms in total. The van der Waals surface area contributed by atoms with Crippen LogP contribution in [-0.2, 0) is 0 Å². The quantitative estimate of drug-likeness (QED) is 0.382. The predicted molar refractivity (Wildman–Crippen MR) is 29.5 cm³/mol. The summed E-state index contributed by atoms with van der Waals surface area (Å²) in [5, 5.41) is 0.600. The summed E-state index contributed by atoms with van der Waals surface area (Å²) in [5.74, 6) is 0. The predicted octanol–water partition coefficient (Wildman–Crippen LogP) is 0.343. The van der Waals surface area contributed by atoms with Crippen molar-refractivity contribution >= 4 is 6.03 Å². The lowest BCUT2D eigenvalue weighted by Gasteiger charge is -2.06. The maximum Gasteiger partial charge on any atom is 0.317 e. The summed E-state index contributed by atoms with van der Waals surface area (Å²) >= 11 is 0. The fourth-order valence-electron chi connectivity index (χ4n) is 0.326. The van der Waals surface area contributed by atoms with Crippen LogP contribution < -0.4 is 10.6 Å². The van der Waals surface area contributed by atoms with E-state index in [2.05, 4.69) is 0 Å². The minimum absolute atomic E-state index is 1.02. The molecule has 0 saturated carbocycles. The van der Waals surface area contributed by atoms with Crippen molar-refractivity contribution in [2.45, 2.75) is 0 Å². The van der Waals surface area contributed by atoms with Gasteiger partial charge in [0.1, 0.15) is 13.3 Å². The monoisotopic (exact) mass is 190 g/mol. The van der Waals surface area contributed by atoms with Crippen LogP contribution in [0.15, 0.2) is 0 Å². The number of amides is 2. The van der Waals surface area contributed by atoms with Crippen molar-refractivity contribution in [3.8, 4) is 0 Å². The van der Waals surface area contributed by atoms with Gasteiger partial charge in [0.2, 0.25) is 0 Å². The third-order valence-electron chi connectivity index (χ3n) is 0.718. The summed E-state index contributed by atoms with van der Waals surface area (Å²) in [6.07, 6.45) is 0. The summed E-state index contributed by atoms with van der Waals surface area (Å²) in [7, 11) is 0. The highest BCUT2D eigenvalue weighted by atomic mass is 19.4. The van der Waals surface area contributed by atoms with Crippen molar-refractivity contribution in [3.05, 3.63) is 0 Å². The number of carbonyl (C=O) groups excluding carboxylic acids is 1. The normalized spacial score (nSPS) is 10.5. The molecule has 9 heteroatoms. The molecule has 0 aliphatic carbocycles. The number of nitrogens with one attached hydrogen (secondary N) is 2. The van der Waals surface area contributed by atoms with Crippen molar-refractivity contribution in [2.75, 3.05) is 13.3 Å². The van der Waals surface area contributed by atoms with Gasteiger partial charge in [-0.05, 0) is 0 Å². The topological polar surface area (TPSA) is 47.6 Å². The Kier molecular flexibility index (Phi) is 5.04. The largest absolute Gasteiger partial charge is 0.320 e. The highest BCUT2D eigenvalue weighted by molar-refractivity contribution is 5.73. The van der Waals surface area contributed by atoms with Gasteiger partial charge >= 0.3 is 6.03 Å². The van der Waals surface area contributed by atoms with Gasteiger partial charge in [-0.2, -0.15) is 0 Å². The Morgan fingerprint density at radius 1 is 1.00 bits per heavy atom. The summed E-state index contributed by atoms with van der Waals surface area (Å²) in [6, 6.07) is -1.10. The molecule has 0 unspecified atom stereocenters. The summed E-state index contributed by atoms with van der Waals surface area (Å²) in [5.41, 5.74) is 0. The Hall–Kier alpha value is -1.09. The second-order valence-electron chi connectivity index (χ2n) is 1.60. The molecular formula is C3H6F4N4O. The molecule has 0 fully saturated rings. The van der Waals surface area contributed by atoms with Crippen molar-refractivity contribution in [3.63, 3.8) is 0 Å². The molecule has 0 aliphatic heterocycles. The Bertz CT molecular complexity index is 128. The molecule has 0 atom stereocenters. The molecule has 2 N–H and O–H groups in total. The lowest BCUT2D eigenvalue weighted by Crippen LogP contribution is -2.41. The van der Waals surface area contributed by atoms with E-state index < -0.39 is 30.1 Å². The van der Waals surface area contributed by atoms with E-state index >= 15 is 0 Å². The first-order valence-corrected chi connectivity index (χ1v) is 2.72. The van der Waals surface area contributed by atoms with Gasteiger partial charge in [0, 0.05) is 10.7 Å². The fraction of sp³-hybridized carbons (Fsp3) is 0.667. The van der Waals surface area contributed by atoms with Gasteiger partial charge in [0.25, 0.3) is 0 Å². The summed E-state index contributed by atoms with van der Waals surface area (Å²) in [4.78, 5) is 10.3. The Morgan fingerprint density at radius 2 is 1.33 bits per heavy atom. The first-order valence-electron chi connectivity index (χ1n) is 2.72. The third kappa shape index (κ3) is 7.02. The van der Waals surface area contributed by atoms with Crippen LogP contribution in [0, 0.1) is 0 Å². The van der Waals surface area contributed by atoms with Gasteiger partial charge in [-0.3, -0.25) is 0 Å². The fourth-order valence-corrected chi connectivity index (χ4v) is 0.326. The number of halogens is 4. The minimum Gasteiger partial charge on any atom is -0.320 e. The van der Waals surface area contributed by atoms with Crippen LogP contribution in [0.25, 0.3) is 0 Å². The summed E-state index contributed by atoms with van der Waals surface area (Å²) < 4.78 is 44.9. The number of hydrogen-bond donors (Lipinski definition) is 2. The maximum atomic E-state index is 11.2. The van der Waals surface area contributed by atoms with Gasteiger partial charge in [-0.15, -0.1) is 0 Å². The zero-order chi connectivity index (χ0) is 9.56. The Balaban J connectivity index is 3.34. The average Bonchev–Trinajstić information content (AvgIpc) is 1.96. The number of hydrogen-bond acceptors (Lipinski definition) is 3. The van der Waals surface area contributed by atoms with Crippen molar-refractivity contribution in [1.29, 1.82) is 0 Å². The van der Waals surface area contributed by atoms with Crippen LogP contribution in [-0.4, -0.2) is 30.1 Å². The first-order chi connectivity index (χ1) is 5.52. The van der Waals surface area contributed by atoms with Crippen LogP contribution in [0.5, 0.6) is 0 Å². The lowest BCUT2D eigenvalue weighted by atomic mass is 10.9. The first kappa shape index (κ1) is 10.9. The molecule has 0 radical (unpaired) electrons. The highest BCUT2D eigenvalue weighted by Crippen LogP contribution is 1.85. The molecule has 12 heavy (non-hydrogen) atoms. The number of rotatable bonds is 4. The Labute approximate surface area is 64.7 Å². The molecule has 0 spiro atoms. The number of carbonyl (C=O) groups is 1. The minimum atomic E-state index is -1.30. The maximum absolute atomic E-state index is 11.2. The summed E-state index contributed by atoms with van der Waals surface area (Å²) in [6.45, 7) is -2.05. The van der Waals surface area contributed by atoms with E-state index in [0.717, 1.165) is 0 Å². The third-order valence-corrected chi connectivity index (χ3v) is 0.718. The van der Waals surface area contributed by atoms with Gasteiger partial charge in [0.15, 0.2) is 0 Å². The van der Waals surface area contributed by atoms with Gasteiger partial charge in [-0.25, -0.2) is 4.79 Å². The molecule has 0 aromatic heterocycles. The average molecular weight is 190 g/mol. The van der Waals surface area contributed by atoms with Gasteiger partial charge in [-0.1, -0.05) is 17.9 Å². The molecule has 72 valence electrons. The van der Waals surface area contributed by atoms with Crippen LogP contribution in [0.3, 0.4) is 0 Å². The van der Waals surface area contributed by atoms with Gasteiger partial charge < -0.3 is 10.6 Å². The molecule has 0 aromatic carbocycles. The molecule has 0 rings (SSSR count). The van der Waals surface area contributed by atoms with Crippen LogP contribution in [0.4, 0.5) is 22.7 Å². The second-order valence-corrected chi connectivity index (χ2v) is 1.60. The molecule has 2 amide bonds. The number of nitrogens with zero attached hydrogens (tertiary/aromatic N) is 2. The smallest absolute Gasteiger partial charge is 0.317 e. The molecule has 0 bridgehead atoms. The standard InChI is InChI=1S/C3H6F4N4O/c4-10(5)1-8-3(12)9-2-11(6)7/h1-2H2,(H2,8,9,12). The highest BCUT2D eigenvalue weighted by Gasteiger charge is 2.05. The zero-order valence-electron chi connectivity index (χ0n) is 5.73.